The lowest BCUT2D eigenvalue weighted by Crippen LogP contribution is -2.03. The molecule has 0 fully saturated rings. The Kier molecular flexibility index (Phi) is 3.84. The molecule has 0 N–H and O–H groups in total. The zero-order chi connectivity index (χ0) is 15.5. The Balaban J connectivity index is 1.82. The van der Waals surface area contributed by atoms with Crippen LogP contribution < -0.4 is 4.74 Å². The molecule has 3 rings (SSSR count). The van der Waals surface area contributed by atoms with Crippen LogP contribution in [-0.4, -0.2) is 17.8 Å². The van der Waals surface area contributed by atoms with Gasteiger partial charge in [0.1, 0.15) is 5.75 Å². The van der Waals surface area contributed by atoms with Gasteiger partial charge in [-0.1, -0.05) is 18.2 Å². The third-order valence-electron chi connectivity index (χ3n) is 2.80. The maximum absolute atomic E-state index is 11.8. The first kappa shape index (κ1) is 14.2. The van der Waals surface area contributed by atoms with Crippen molar-refractivity contribution in [3.63, 3.8) is 0 Å². The predicted molar refractivity (Wildman–Crippen MR) is 82.7 cm³/mol. The largest absolute Gasteiger partial charge is 0.427 e. The van der Waals surface area contributed by atoms with E-state index in [-0.39, 0.29) is 11.7 Å². The molecule has 0 aliphatic carbocycles. The van der Waals surface area contributed by atoms with Gasteiger partial charge in [-0.15, -0.1) is 11.3 Å². The molecule has 110 valence electrons. The second kappa shape index (κ2) is 5.95. The average Bonchev–Trinajstić information content (AvgIpc) is 3.11. The first-order chi connectivity index (χ1) is 10.6. The van der Waals surface area contributed by atoms with Crippen molar-refractivity contribution in [1.82, 2.24) is 0 Å². The van der Waals surface area contributed by atoms with Gasteiger partial charge >= 0.3 is 11.9 Å². The molecule has 0 spiro atoms. The van der Waals surface area contributed by atoms with Crippen LogP contribution in [0.25, 0.3) is 6.08 Å². The lowest BCUT2D eigenvalue weighted by atomic mass is 10.2. The number of rotatable bonds is 3. The van der Waals surface area contributed by atoms with Crippen molar-refractivity contribution >= 4 is 35.2 Å². The molecule has 0 saturated heterocycles. The molecular formula is C16H11NO4S. The Labute approximate surface area is 130 Å². The van der Waals surface area contributed by atoms with E-state index < -0.39 is 5.97 Å². The monoisotopic (exact) mass is 313 g/mol. The van der Waals surface area contributed by atoms with E-state index in [2.05, 4.69) is 4.99 Å². The summed E-state index contributed by atoms with van der Waals surface area (Å²) < 4.78 is 10.1. The maximum atomic E-state index is 11.8. The van der Waals surface area contributed by atoms with Crippen molar-refractivity contribution in [2.45, 2.75) is 6.92 Å². The van der Waals surface area contributed by atoms with Crippen LogP contribution in [0.2, 0.25) is 0 Å². The minimum atomic E-state index is -0.479. The van der Waals surface area contributed by atoms with Crippen LogP contribution in [0, 0.1) is 0 Å². The number of benzene rings is 1. The molecule has 2 aromatic rings. The molecule has 22 heavy (non-hydrogen) atoms. The van der Waals surface area contributed by atoms with E-state index in [1.165, 1.54) is 18.3 Å². The molecule has 1 aromatic carbocycles. The zero-order valence-corrected chi connectivity index (χ0v) is 12.4. The van der Waals surface area contributed by atoms with Gasteiger partial charge in [0, 0.05) is 6.92 Å². The van der Waals surface area contributed by atoms with E-state index in [4.69, 9.17) is 9.47 Å². The van der Waals surface area contributed by atoms with Crippen molar-refractivity contribution in [2.75, 3.05) is 0 Å². The third kappa shape index (κ3) is 3.12. The Bertz CT molecular complexity index is 773. The zero-order valence-electron chi connectivity index (χ0n) is 11.6. The lowest BCUT2D eigenvalue weighted by Gasteiger charge is -2.00. The average molecular weight is 313 g/mol. The summed E-state index contributed by atoms with van der Waals surface area (Å²) in [4.78, 5) is 27.7. The molecule has 2 heterocycles. The number of thiophene rings is 1. The van der Waals surface area contributed by atoms with Crippen LogP contribution in [0.15, 0.2) is 52.5 Å². The molecule has 0 amide bonds. The number of ether oxygens (including phenoxy) is 2. The highest BCUT2D eigenvalue weighted by molar-refractivity contribution is 7.12. The van der Waals surface area contributed by atoms with Crippen LogP contribution >= 0.6 is 11.3 Å². The number of carbonyl (C=O) groups is 2. The molecule has 1 aliphatic rings. The van der Waals surface area contributed by atoms with Gasteiger partial charge in [0.25, 0.3) is 0 Å². The van der Waals surface area contributed by atoms with Gasteiger partial charge < -0.3 is 9.47 Å². The fourth-order valence-electron chi connectivity index (χ4n) is 1.87. The van der Waals surface area contributed by atoms with Crippen molar-refractivity contribution < 1.29 is 19.1 Å². The number of hydrogen-bond donors (Lipinski definition) is 0. The van der Waals surface area contributed by atoms with Crippen molar-refractivity contribution in [3.05, 3.63) is 57.9 Å². The van der Waals surface area contributed by atoms with Gasteiger partial charge in [-0.05, 0) is 35.2 Å². The summed E-state index contributed by atoms with van der Waals surface area (Å²) in [5.74, 6) is -0.0858. The van der Waals surface area contributed by atoms with E-state index in [0.29, 0.717) is 11.6 Å². The van der Waals surface area contributed by atoms with E-state index in [1.807, 2.05) is 17.5 Å². The number of aliphatic imine (C=N–C) groups is 1. The fourth-order valence-corrected chi connectivity index (χ4v) is 2.52. The number of hydrogen-bond acceptors (Lipinski definition) is 6. The molecule has 0 unspecified atom stereocenters. The maximum Gasteiger partial charge on any atom is 0.363 e. The smallest absolute Gasteiger partial charge is 0.363 e. The van der Waals surface area contributed by atoms with Crippen LogP contribution in [0.1, 0.15) is 17.4 Å². The Morgan fingerprint density at radius 3 is 2.68 bits per heavy atom. The summed E-state index contributed by atoms with van der Waals surface area (Å²) in [5, 5.41) is 1.89. The van der Waals surface area contributed by atoms with Crippen LogP contribution in [0.4, 0.5) is 0 Å². The molecule has 1 aliphatic heterocycles. The Morgan fingerprint density at radius 1 is 1.27 bits per heavy atom. The molecular weight excluding hydrogens is 302 g/mol. The highest BCUT2D eigenvalue weighted by atomic mass is 32.1. The minimum absolute atomic E-state index is 0.239. The lowest BCUT2D eigenvalue weighted by molar-refractivity contribution is -0.132. The van der Waals surface area contributed by atoms with Gasteiger partial charge in [-0.3, -0.25) is 4.79 Å². The summed E-state index contributed by atoms with van der Waals surface area (Å²) in [6.45, 7) is 1.34. The van der Waals surface area contributed by atoms with Crippen LogP contribution in [0.3, 0.4) is 0 Å². The molecule has 5 nitrogen and oxygen atoms in total. The van der Waals surface area contributed by atoms with Crippen LogP contribution in [-0.2, 0) is 14.3 Å². The van der Waals surface area contributed by atoms with Gasteiger partial charge in [-0.25, -0.2) is 9.79 Å². The highest BCUT2D eigenvalue weighted by Crippen LogP contribution is 2.22. The number of carbonyl (C=O) groups excluding carboxylic acids is 2. The van der Waals surface area contributed by atoms with E-state index in [9.17, 15) is 9.59 Å². The molecule has 0 bridgehead atoms. The number of cyclic esters (lactones) is 1. The van der Waals surface area contributed by atoms with E-state index in [0.717, 1.165) is 10.4 Å². The first-order valence-electron chi connectivity index (χ1n) is 6.47. The number of nitrogens with zero attached hydrogens (tertiary/aromatic N) is 1. The summed E-state index contributed by atoms with van der Waals surface area (Å²) >= 11 is 1.45. The normalized spacial score (nSPS) is 15.6. The molecule has 0 atom stereocenters. The SMILES string of the molecule is CC(=O)Oc1ccc(/C=C2\N=C(c3cccs3)OC2=O)cc1. The van der Waals surface area contributed by atoms with Crippen molar-refractivity contribution in [2.24, 2.45) is 4.99 Å². The minimum Gasteiger partial charge on any atom is -0.427 e. The number of esters is 2. The third-order valence-corrected chi connectivity index (χ3v) is 3.66. The molecule has 0 radical (unpaired) electrons. The summed E-state index contributed by atoms with van der Waals surface area (Å²) in [6.07, 6.45) is 1.63. The molecule has 1 aromatic heterocycles. The Morgan fingerprint density at radius 2 is 2.05 bits per heavy atom. The standard InChI is InChI=1S/C16H11NO4S/c1-10(18)20-12-6-4-11(5-7-12)9-13-16(19)21-15(17-13)14-3-2-8-22-14/h2-9H,1H3/b13-9-. The first-order valence-corrected chi connectivity index (χ1v) is 7.35. The highest BCUT2D eigenvalue weighted by Gasteiger charge is 2.24. The quantitative estimate of drug-likeness (QED) is 0.496. The van der Waals surface area contributed by atoms with Crippen molar-refractivity contribution in [1.29, 1.82) is 0 Å². The Hall–Kier alpha value is -2.73. The summed E-state index contributed by atoms with van der Waals surface area (Å²) in [6, 6.07) is 10.5. The van der Waals surface area contributed by atoms with E-state index >= 15 is 0 Å². The van der Waals surface area contributed by atoms with Crippen molar-refractivity contribution in [3.8, 4) is 5.75 Å². The second-order valence-electron chi connectivity index (χ2n) is 4.48. The molecule has 6 heteroatoms. The van der Waals surface area contributed by atoms with Gasteiger partial charge in [0.15, 0.2) is 5.70 Å². The topological polar surface area (TPSA) is 65.0 Å². The predicted octanol–water partition coefficient (Wildman–Crippen LogP) is 3.02. The van der Waals surface area contributed by atoms with Gasteiger partial charge in [-0.2, -0.15) is 0 Å². The van der Waals surface area contributed by atoms with Crippen LogP contribution in [0.5, 0.6) is 5.75 Å². The van der Waals surface area contributed by atoms with Gasteiger partial charge in [0.2, 0.25) is 5.90 Å². The fraction of sp³-hybridized carbons (Fsp3) is 0.0625. The summed E-state index contributed by atoms with van der Waals surface area (Å²) in [7, 11) is 0. The van der Waals surface area contributed by atoms with E-state index in [1.54, 1.807) is 30.3 Å². The summed E-state index contributed by atoms with van der Waals surface area (Å²) in [5.41, 5.74) is 1.00. The second-order valence-corrected chi connectivity index (χ2v) is 5.42. The molecule has 0 saturated carbocycles. The van der Waals surface area contributed by atoms with Gasteiger partial charge in [0.05, 0.1) is 4.88 Å².